The van der Waals surface area contributed by atoms with Crippen LogP contribution in [0.1, 0.15) is 12.2 Å². The van der Waals surface area contributed by atoms with Gasteiger partial charge in [0, 0.05) is 36.5 Å². The van der Waals surface area contributed by atoms with Gasteiger partial charge in [0.2, 0.25) is 5.88 Å². The predicted octanol–water partition coefficient (Wildman–Crippen LogP) is 1.73. The molecule has 124 valence electrons. The lowest BCUT2D eigenvalue weighted by atomic mass is 10.3. The fourth-order valence-corrected chi connectivity index (χ4v) is 4.14. The van der Waals surface area contributed by atoms with Crippen LogP contribution < -0.4 is 4.74 Å². The van der Waals surface area contributed by atoms with E-state index in [4.69, 9.17) is 4.74 Å². The molecule has 0 aliphatic carbocycles. The van der Waals surface area contributed by atoms with Gasteiger partial charge in [-0.1, -0.05) is 0 Å². The second kappa shape index (κ2) is 6.21. The maximum atomic E-state index is 12.6. The molecular formula is C14H17BrN4O3S. The Morgan fingerprint density at radius 3 is 2.78 bits per heavy atom. The molecule has 2 aromatic heterocycles. The number of halogens is 1. The SMILES string of the molecule is Cc1nc(S(=O)(=O)N2CCC(Oc3ccc(Br)cn3)C2)cn1C. The number of rotatable bonds is 4. The van der Waals surface area contributed by atoms with Crippen LogP contribution in [0.5, 0.6) is 5.88 Å². The van der Waals surface area contributed by atoms with Crippen molar-refractivity contribution in [2.24, 2.45) is 7.05 Å². The molecule has 0 bridgehead atoms. The molecule has 3 rings (SSSR count). The van der Waals surface area contributed by atoms with Gasteiger partial charge in [0.1, 0.15) is 11.9 Å². The maximum Gasteiger partial charge on any atom is 0.262 e. The van der Waals surface area contributed by atoms with E-state index in [1.54, 1.807) is 30.8 Å². The Hall–Kier alpha value is -1.45. The Kier molecular flexibility index (Phi) is 4.43. The quantitative estimate of drug-likeness (QED) is 0.780. The van der Waals surface area contributed by atoms with Crippen LogP contribution >= 0.6 is 15.9 Å². The lowest BCUT2D eigenvalue weighted by Gasteiger charge is -2.15. The van der Waals surface area contributed by atoms with E-state index in [1.807, 2.05) is 6.07 Å². The molecule has 0 aromatic carbocycles. The number of hydrogen-bond donors (Lipinski definition) is 0. The molecule has 1 fully saturated rings. The zero-order valence-corrected chi connectivity index (χ0v) is 15.2. The smallest absolute Gasteiger partial charge is 0.262 e. The van der Waals surface area contributed by atoms with Crippen molar-refractivity contribution >= 4 is 26.0 Å². The number of hydrogen-bond acceptors (Lipinski definition) is 5. The first-order chi connectivity index (χ1) is 10.9. The molecule has 7 nitrogen and oxygen atoms in total. The summed E-state index contributed by atoms with van der Waals surface area (Å²) in [6.45, 7) is 2.49. The van der Waals surface area contributed by atoms with Gasteiger partial charge in [0.25, 0.3) is 10.0 Å². The third-order valence-electron chi connectivity index (χ3n) is 3.79. The van der Waals surface area contributed by atoms with Gasteiger partial charge >= 0.3 is 0 Å². The fourth-order valence-electron chi connectivity index (χ4n) is 2.40. The van der Waals surface area contributed by atoms with Crippen LogP contribution in [0.15, 0.2) is 34.0 Å². The van der Waals surface area contributed by atoms with Crippen LogP contribution in [-0.2, 0) is 17.1 Å². The van der Waals surface area contributed by atoms with E-state index in [0.717, 1.165) is 4.47 Å². The minimum Gasteiger partial charge on any atom is -0.473 e. The van der Waals surface area contributed by atoms with Crippen LogP contribution in [-0.4, -0.2) is 46.5 Å². The molecule has 1 saturated heterocycles. The molecule has 3 heterocycles. The number of aryl methyl sites for hydroxylation is 2. The van der Waals surface area contributed by atoms with Crippen LogP contribution in [0, 0.1) is 6.92 Å². The van der Waals surface area contributed by atoms with Crippen molar-refractivity contribution in [3.05, 3.63) is 34.8 Å². The average molecular weight is 401 g/mol. The summed E-state index contributed by atoms with van der Waals surface area (Å²) in [6, 6.07) is 3.59. The van der Waals surface area contributed by atoms with E-state index in [1.165, 1.54) is 10.5 Å². The Balaban J connectivity index is 1.70. The molecule has 2 aromatic rings. The predicted molar refractivity (Wildman–Crippen MR) is 87.7 cm³/mol. The van der Waals surface area contributed by atoms with Crippen LogP contribution in [0.2, 0.25) is 0 Å². The molecule has 1 aliphatic rings. The first-order valence-electron chi connectivity index (χ1n) is 7.14. The van der Waals surface area contributed by atoms with Crippen LogP contribution in [0.25, 0.3) is 0 Å². The standard InChI is InChI=1S/C14H17BrN4O3S/c1-10-17-14(9-18(10)2)23(20,21)19-6-5-12(8-19)22-13-4-3-11(15)7-16-13/h3-4,7,9,12H,5-6,8H2,1-2H3. The molecule has 0 radical (unpaired) electrons. The molecule has 23 heavy (non-hydrogen) atoms. The van der Waals surface area contributed by atoms with Gasteiger partial charge in [-0.05, 0) is 35.3 Å². The summed E-state index contributed by atoms with van der Waals surface area (Å²) < 4.78 is 35.0. The first-order valence-corrected chi connectivity index (χ1v) is 9.38. The third kappa shape index (κ3) is 3.41. The van der Waals surface area contributed by atoms with E-state index in [-0.39, 0.29) is 11.1 Å². The van der Waals surface area contributed by atoms with E-state index >= 15 is 0 Å². The largest absolute Gasteiger partial charge is 0.473 e. The van der Waals surface area contributed by atoms with E-state index < -0.39 is 10.0 Å². The van der Waals surface area contributed by atoms with E-state index in [2.05, 4.69) is 25.9 Å². The van der Waals surface area contributed by atoms with Crippen molar-refractivity contribution < 1.29 is 13.2 Å². The summed E-state index contributed by atoms with van der Waals surface area (Å²) in [5, 5.41) is 0.0833. The maximum absolute atomic E-state index is 12.6. The molecule has 9 heteroatoms. The highest BCUT2D eigenvalue weighted by Gasteiger charge is 2.35. The Morgan fingerprint density at radius 2 is 2.17 bits per heavy atom. The highest BCUT2D eigenvalue weighted by molar-refractivity contribution is 9.10. The van der Waals surface area contributed by atoms with Crippen LogP contribution in [0.3, 0.4) is 0 Å². The molecule has 1 aliphatic heterocycles. The molecular weight excluding hydrogens is 384 g/mol. The van der Waals surface area contributed by atoms with Gasteiger partial charge < -0.3 is 9.30 Å². The highest BCUT2D eigenvalue weighted by atomic mass is 79.9. The van der Waals surface area contributed by atoms with Gasteiger partial charge in [-0.15, -0.1) is 0 Å². The third-order valence-corrected chi connectivity index (χ3v) is 5.99. The molecule has 0 saturated carbocycles. The zero-order chi connectivity index (χ0) is 16.6. The molecule has 0 amide bonds. The number of nitrogens with zero attached hydrogens (tertiary/aromatic N) is 4. The number of imidazole rings is 1. The Labute approximate surface area is 143 Å². The van der Waals surface area contributed by atoms with E-state index in [0.29, 0.717) is 31.2 Å². The van der Waals surface area contributed by atoms with Gasteiger partial charge in [0.05, 0.1) is 6.54 Å². The van der Waals surface area contributed by atoms with Crippen LogP contribution in [0.4, 0.5) is 0 Å². The van der Waals surface area contributed by atoms with Gasteiger partial charge in [-0.25, -0.2) is 18.4 Å². The number of pyridine rings is 1. The van der Waals surface area contributed by atoms with E-state index in [9.17, 15) is 8.42 Å². The second-order valence-electron chi connectivity index (χ2n) is 5.44. The number of ether oxygens (including phenoxy) is 1. The number of aromatic nitrogens is 3. The lowest BCUT2D eigenvalue weighted by Crippen LogP contribution is -2.31. The van der Waals surface area contributed by atoms with Crippen molar-refractivity contribution in [1.29, 1.82) is 0 Å². The molecule has 1 unspecified atom stereocenters. The lowest BCUT2D eigenvalue weighted by molar-refractivity contribution is 0.207. The van der Waals surface area contributed by atoms with Gasteiger partial charge in [-0.3, -0.25) is 0 Å². The Morgan fingerprint density at radius 1 is 1.39 bits per heavy atom. The summed E-state index contributed by atoms with van der Waals surface area (Å²) in [5.41, 5.74) is 0. The summed E-state index contributed by atoms with van der Waals surface area (Å²) in [5.74, 6) is 1.15. The van der Waals surface area contributed by atoms with Gasteiger partial charge in [-0.2, -0.15) is 4.31 Å². The van der Waals surface area contributed by atoms with Crippen molar-refractivity contribution in [3.8, 4) is 5.88 Å². The van der Waals surface area contributed by atoms with Crippen molar-refractivity contribution in [3.63, 3.8) is 0 Å². The van der Waals surface area contributed by atoms with Crippen molar-refractivity contribution in [1.82, 2.24) is 18.8 Å². The minimum atomic E-state index is -3.58. The topological polar surface area (TPSA) is 77.3 Å². The summed E-state index contributed by atoms with van der Waals surface area (Å²) >= 11 is 3.31. The monoisotopic (exact) mass is 400 g/mol. The Bertz CT molecular complexity index is 784. The molecule has 1 atom stereocenters. The molecule has 0 spiro atoms. The summed E-state index contributed by atoms with van der Waals surface area (Å²) in [7, 11) is -1.80. The second-order valence-corrected chi connectivity index (χ2v) is 8.24. The minimum absolute atomic E-state index is 0.0833. The normalized spacial score (nSPS) is 19.2. The van der Waals surface area contributed by atoms with Crippen molar-refractivity contribution in [2.45, 2.75) is 24.5 Å². The average Bonchev–Trinajstić information content (AvgIpc) is 3.10. The molecule has 0 N–H and O–H groups in total. The highest BCUT2D eigenvalue weighted by Crippen LogP contribution is 2.23. The fraction of sp³-hybridized carbons (Fsp3) is 0.429. The summed E-state index contributed by atoms with van der Waals surface area (Å²) in [4.78, 5) is 8.27. The first kappa shape index (κ1) is 16.4. The summed E-state index contributed by atoms with van der Waals surface area (Å²) in [6.07, 6.45) is 3.61. The zero-order valence-electron chi connectivity index (χ0n) is 12.8. The van der Waals surface area contributed by atoms with Crippen molar-refractivity contribution in [2.75, 3.05) is 13.1 Å². The number of sulfonamides is 1. The van der Waals surface area contributed by atoms with Gasteiger partial charge in [0.15, 0.2) is 5.03 Å².